The Morgan fingerprint density at radius 1 is 1.73 bits per heavy atom. The number of nitrogens with one attached hydrogen (secondary N) is 1. The fourth-order valence-corrected chi connectivity index (χ4v) is 1.04. The van der Waals surface area contributed by atoms with E-state index in [2.05, 4.69) is 11.2 Å². The fourth-order valence-electron chi connectivity index (χ4n) is 1.04. The van der Waals surface area contributed by atoms with Crippen molar-refractivity contribution in [3.05, 3.63) is 12.3 Å². The van der Waals surface area contributed by atoms with Crippen LogP contribution < -0.4 is 5.32 Å². The van der Waals surface area contributed by atoms with Crippen LogP contribution in [0.3, 0.4) is 0 Å². The van der Waals surface area contributed by atoms with Gasteiger partial charge in [-0.3, -0.25) is 0 Å². The maximum atomic E-state index is 5.31. The average molecular weight is 151 g/mol. The number of hydrogen-bond donors (Lipinski definition) is 1. The second kappa shape index (κ2) is 4.81. The third-order valence-electron chi connectivity index (χ3n) is 1.62. The zero-order valence-electron chi connectivity index (χ0n) is 6.55. The van der Waals surface area contributed by atoms with Crippen molar-refractivity contribution in [2.24, 2.45) is 0 Å². The molecule has 60 valence electrons. The maximum Gasteiger partial charge on any atom is 0.110 e. The van der Waals surface area contributed by atoms with Crippen LogP contribution in [0.25, 0.3) is 0 Å². The molecule has 11 heavy (non-hydrogen) atoms. The quantitative estimate of drug-likeness (QED) is 0.478. The Balaban J connectivity index is 2.07. The van der Waals surface area contributed by atoms with Crippen LogP contribution in [0.4, 0.5) is 0 Å². The second-order valence-corrected chi connectivity index (χ2v) is 2.54. The van der Waals surface area contributed by atoms with Gasteiger partial charge in [-0.15, -0.1) is 6.42 Å². The first kappa shape index (κ1) is 8.16. The Morgan fingerprint density at radius 2 is 2.64 bits per heavy atom. The van der Waals surface area contributed by atoms with Gasteiger partial charge in [0.1, 0.15) is 6.10 Å². The number of allylic oxidation sites excluding steroid dienone is 1. The summed E-state index contributed by atoms with van der Waals surface area (Å²) in [6, 6.07) is 0. The van der Waals surface area contributed by atoms with Crippen LogP contribution in [-0.4, -0.2) is 19.2 Å². The zero-order valence-corrected chi connectivity index (χ0v) is 6.55. The van der Waals surface area contributed by atoms with Crippen molar-refractivity contribution in [1.82, 2.24) is 5.32 Å². The van der Waals surface area contributed by atoms with Gasteiger partial charge in [-0.05, 0) is 18.9 Å². The molecule has 1 N–H and O–H groups in total. The molecule has 0 aliphatic carbocycles. The third-order valence-corrected chi connectivity index (χ3v) is 1.62. The molecule has 0 saturated heterocycles. The monoisotopic (exact) mass is 151 g/mol. The van der Waals surface area contributed by atoms with Crippen LogP contribution >= 0.6 is 0 Å². The van der Waals surface area contributed by atoms with E-state index < -0.39 is 0 Å². The summed E-state index contributed by atoms with van der Waals surface area (Å²) in [4.78, 5) is 0. The molecule has 1 aliphatic heterocycles. The maximum absolute atomic E-state index is 5.31. The van der Waals surface area contributed by atoms with Gasteiger partial charge in [0.25, 0.3) is 0 Å². The molecule has 1 unspecified atom stereocenters. The molecule has 1 aliphatic rings. The largest absolute Gasteiger partial charge is 0.497 e. The van der Waals surface area contributed by atoms with Gasteiger partial charge in [0, 0.05) is 6.54 Å². The minimum Gasteiger partial charge on any atom is -0.497 e. The van der Waals surface area contributed by atoms with E-state index in [0.717, 1.165) is 19.4 Å². The molecule has 0 fully saturated rings. The molecule has 1 atom stereocenters. The molecule has 2 nitrogen and oxygen atoms in total. The summed E-state index contributed by atoms with van der Waals surface area (Å²) in [6.07, 6.45) is 11.4. The molecule has 0 aromatic carbocycles. The van der Waals surface area contributed by atoms with Crippen LogP contribution in [0.2, 0.25) is 0 Å². The van der Waals surface area contributed by atoms with E-state index in [4.69, 9.17) is 11.2 Å². The molecule has 2 heteroatoms. The summed E-state index contributed by atoms with van der Waals surface area (Å²) in [5, 5.41) is 3.11. The van der Waals surface area contributed by atoms with Gasteiger partial charge >= 0.3 is 0 Å². The summed E-state index contributed by atoms with van der Waals surface area (Å²) < 4.78 is 5.31. The Hall–Kier alpha value is -0.940. The highest BCUT2D eigenvalue weighted by Crippen LogP contribution is 2.08. The van der Waals surface area contributed by atoms with Crippen LogP contribution in [0.15, 0.2) is 12.3 Å². The number of ether oxygens (including phenoxy) is 1. The van der Waals surface area contributed by atoms with E-state index in [9.17, 15) is 0 Å². The summed E-state index contributed by atoms with van der Waals surface area (Å²) >= 11 is 0. The smallest absolute Gasteiger partial charge is 0.110 e. The normalized spacial score (nSPS) is 22.3. The van der Waals surface area contributed by atoms with Crippen molar-refractivity contribution in [2.45, 2.75) is 18.9 Å². The Labute approximate surface area is 67.6 Å². The summed E-state index contributed by atoms with van der Waals surface area (Å²) in [5.41, 5.74) is 0. The van der Waals surface area contributed by atoms with Gasteiger partial charge in [0.05, 0.1) is 12.8 Å². The van der Waals surface area contributed by atoms with Gasteiger partial charge in [-0.2, -0.15) is 0 Å². The zero-order chi connectivity index (χ0) is 7.94. The van der Waals surface area contributed by atoms with Crippen molar-refractivity contribution < 1.29 is 4.74 Å². The molecule has 0 saturated carbocycles. The standard InChI is InChI=1S/C9H13NO/c1-2-6-10-8-9-5-3-4-7-11-9/h1,4,7,9-10H,3,5-6,8H2. The fraction of sp³-hybridized carbons (Fsp3) is 0.556. The first-order valence-corrected chi connectivity index (χ1v) is 3.88. The van der Waals surface area contributed by atoms with E-state index in [0.29, 0.717) is 12.6 Å². The molecule has 0 amide bonds. The van der Waals surface area contributed by atoms with E-state index in [-0.39, 0.29) is 0 Å². The molecule has 0 spiro atoms. The molecule has 1 rings (SSSR count). The van der Waals surface area contributed by atoms with Crippen LogP contribution in [-0.2, 0) is 4.74 Å². The van der Waals surface area contributed by atoms with Crippen LogP contribution in [0, 0.1) is 12.3 Å². The molecule has 0 bridgehead atoms. The molecule has 0 radical (unpaired) electrons. The highest BCUT2D eigenvalue weighted by molar-refractivity contribution is 4.88. The number of hydrogen-bond acceptors (Lipinski definition) is 2. The van der Waals surface area contributed by atoms with E-state index >= 15 is 0 Å². The van der Waals surface area contributed by atoms with Crippen LogP contribution in [0.1, 0.15) is 12.8 Å². The minimum absolute atomic E-state index is 0.313. The van der Waals surface area contributed by atoms with Crippen molar-refractivity contribution >= 4 is 0 Å². The Kier molecular flexibility index (Phi) is 3.57. The Bertz CT molecular complexity index is 169. The Morgan fingerprint density at radius 3 is 3.27 bits per heavy atom. The van der Waals surface area contributed by atoms with E-state index in [1.807, 2.05) is 6.08 Å². The second-order valence-electron chi connectivity index (χ2n) is 2.54. The lowest BCUT2D eigenvalue weighted by molar-refractivity contribution is 0.123. The molecule has 0 aromatic heterocycles. The van der Waals surface area contributed by atoms with Gasteiger partial charge < -0.3 is 10.1 Å². The predicted molar refractivity (Wildman–Crippen MR) is 44.9 cm³/mol. The highest BCUT2D eigenvalue weighted by atomic mass is 16.5. The molecular weight excluding hydrogens is 138 g/mol. The minimum atomic E-state index is 0.313. The number of rotatable bonds is 3. The third kappa shape index (κ3) is 3.10. The van der Waals surface area contributed by atoms with Gasteiger partial charge in [-0.1, -0.05) is 5.92 Å². The average Bonchev–Trinajstić information content (AvgIpc) is 2.07. The van der Waals surface area contributed by atoms with Crippen molar-refractivity contribution in [1.29, 1.82) is 0 Å². The van der Waals surface area contributed by atoms with Crippen molar-refractivity contribution in [3.8, 4) is 12.3 Å². The van der Waals surface area contributed by atoms with E-state index in [1.54, 1.807) is 6.26 Å². The SMILES string of the molecule is C#CCNCC1CCC=CO1. The lowest BCUT2D eigenvalue weighted by Crippen LogP contribution is -2.29. The van der Waals surface area contributed by atoms with Crippen molar-refractivity contribution in [2.75, 3.05) is 13.1 Å². The van der Waals surface area contributed by atoms with Gasteiger partial charge in [-0.25, -0.2) is 0 Å². The van der Waals surface area contributed by atoms with Crippen molar-refractivity contribution in [3.63, 3.8) is 0 Å². The lowest BCUT2D eigenvalue weighted by atomic mass is 10.1. The number of terminal acetylenes is 1. The summed E-state index contributed by atoms with van der Waals surface area (Å²) in [7, 11) is 0. The molecular formula is C9H13NO. The predicted octanol–water partition coefficient (Wildman–Crippen LogP) is 0.902. The summed E-state index contributed by atoms with van der Waals surface area (Å²) in [5.74, 6) is 2.52. The molecule has 1 heterocycles. The van der Waals surface area contributed by atoms with Crippen LogP contribution in [0.5, 0.6) is 0 Å². The summed E-state index contributed by atoms with van der Waals surface area (Å²) in [6.45, 7) is 1.48. The van der Waals surface area contributed by atoms with E-state index in [1.165, 1.54) is 0 Å². The first-order valence-electron chi connectivity index (χ1n) is 3.88. The highest BCUT2D eigenvalue weighted by Gasteiger charge is 2.08. The lowest BCUT2D eigenvalue weighted by Gasteiger charge is -2.18. The van der Waals surface area contributed by atoms with Gasteiger partial charge in [0.2, 0.25) is 0 Å². The molecule has 0 aromatic rings. The topological polar surface area (TPSA) is 21.3 Å². The van der Waals surface area contributed by atoms with Gasteiger partial charge in [0.15, 0.2) is 0 Å². The first-order chi connectivity index (χ1) is 5.43.